The quantitative estimate of drug-likeness (QED) is 0.745. The SMILES string of the molecule is Cc1ccc(CSCC(=O)NC(C)C(=O)N2CCn3c(nnc3C(F)(F)F)C2)cc1. The smallest absolute Gasteiger partial charge is 0.344 e. The van der Waals surface area contributed by atoms with Crippen molar-refractivity contribution in [3.8, 4) is 0 Å². The second-order valence-corrected chi connectivity index (χ2v) is 8.10. The number of fused-ring (bicyclic) bond motifs is 1. The zero-order valence-electron chi connectivity index (χ0n) is 16.6. The molecule has 2 amide bonds. The van der Waals surface area contributed by atoms with E-state index in [9.17, 15) is 22.8 Å². The number of carbonyl (C=O) groups excluding carboxylic acids is 2. The fraction of sp³-hybridized carbons (Fsp3) is 0.474. The molecule has 162 valence electrons. The number of aromatic nitrogens is 3. The lowest BCUT2D eigenvalue weighted by molar-refractivity contribution is -0.148. The minimum Gasteiger partial charge on any atom is -0.344 e. The van der Waals surface area contributed by atoms with Crippen LogP contribution in [0.1, 0.15) is 29.7 Å². The third-order valence-electron chi connectivity index (χ3n) is 4.69. The lowest BCUT2D eigenvalue weighted by Crippen LogP contribution is -2.49. The third-order valence-corrected chi connectivity index (χ3v) is 5.69. The molecule has 1 aliphatic heterocycles. The number of amides is 2. The number of benzene rings is 1. The van der Waals surface area contributed by atoms with E-state index in [0.29, 0.717) is 5.75 Å². The van der Waals surface area contributed by atoms with Gasteiger partial charge in [-0.05, 0) is 19.4 Å². The summed E-state index contributed by atoms with van der Waals surface area (Å²) in [6.07, 6.45) is -4.59. The van der Waals surface area contributed by atoms with Crippen LogP contribution in [0.2, 0.25) is 0 Å². The summed E-state index contributed by atoms with van der Waals surface area (Å²) in [5.41, 5.74) is 2.28. The Labute approximate surface area is 176 Å². The molecular formula is C19H22F3N5O2S. The van der Waals surface area contributed by atoms with Crippen LogP contribution in [0.25, 0.3) is 0 Å². The molecule has 2 heterocycles. The highest BCUT2D eigenvalue weighted by molar-refractivity contribution is 7.99. The van der Waals surface area contributed by atoms with E-state index in [1.807, 2.05) is 31.2 Å². The van der Waals surface area contributed by atoms with E-state index in [-0.39, 0.29) is 43.0 Å². The molecule has 30 heavy (non-hydrogen) atoms. The number of hydrogen-bond acceptors (Lipinski definition) is 5. The maximum absolute atomic E-state index is 12.9. The van der Waals surface area contributed by atoms with Crippen molar-refractivity contribution in [3.05, 3.63) is 47.0 Å². The van der Waals surface area contributed by atoms with Gasteiger partial charge in [0.2, 0.25) is 17.6 Å². The Morgan fingerprint density at radius 2 is 1.90 bits per heavy atom. The van der Waals surface area contributed by atoms with Crippen molar-refractivity contribution in [3.63, 3.8) is 0 Å². The van der Waals surface area contributed by atoms with Gasteiger partial charge in [-0.2, -0.15) is 13.2 Å². The van der Waals surface area contributed by atoms with Gasteiger partial charge < -0.3 is 14.8 Å². The van der Waals surface area contributed by atoms with Crippen LogP contribution in [0, 0.1) is 6.92 Å². The first-order valence-corrected chi connectivity index (χ1v) is 10.5. The number of aryl methyl sites for hydroxylation is 1. The van der Waals surface area contributed by atoms with Crippen molar-refractivity contribution >= 4 is 23.6 Å². The van der Waals surface area contributed by atoms with Crippen LogP contribution in [-0.4, -0.2) is 49.8 Å². The lowest BCUT2D eigenvalue weighted by Gasteiger charge is -2.30. The van der Waals surface area contributed by atoms with Crippen molar-refractivity contribution in [1.82, 2.24) is 25.0 Å². The average Bonchev–Trinajstić information content (AvgIpc) is 3.12. The minimum atomic E-state index is -4.59. The first-order valence-electron chi connectivity index (χ1n) is 9.36. The van der Waals surface area contributed by atoms with E-state index in [1.165, 1.54) is 22.2 Å². The number of carbonyl (C=O) groups is 2. The number of nitrogens with zero attached hydrogens (tertiary/aromatic N) is 4. The summed E-state index contributed by atoms with van der Waals surface area (Å²) in [4.78, 5) is 26.1. The van der Waals surface area contributed by atoms with Crippen molar-refractivity contribution in [2.24, 2.45) is 0 Å². The summed E-state index contributed by atoms with van der Waals surface area (Å²) in [7, 11) is 0. The molecule has 1 aromatic heterocycles. The Balaban J connectivity index is 1.48. The zero-order chi connectivity index (χ0) is 21.9. The van der Waals surface area contributed by atoms with Crippen molar-refractivity contribution in [2.75, 3.05) is 12.3 Å². The highest BCUT2D eigenvalue weighted by Crippen LogP contribution is 2.29. The maximum Gasteiger partial charge on any atom is 0.451 e. The molecular weight excluding hydrogens is 419 g/mol. The van der Waals surface area contributed by atoms with Gasteiger partial charge in [-0.25, -0.2) is 0 Å². The Hall–Kier alpha value is -2.56. The molecule has 2 aromatic rings. The molecule has 0 spiro atoms. The predicted molar refractivity (Wildman–Crippen MR) is 105 cm³/mol. The van der Waals surface area contributed by atoms with E-state index >= 15 is 0 Å². The minimum absolute atomic E-state index is 0.0456. The topological polar surface area (TPSA) is 80.1 Å². The van der Waals surface area contributed by atoms with Crippen molar-refractivity contribution in [2.45, 2.75) is 44.9 Å². The van der Waals surface area contributed by atoms with Gasteiger partial charge in [0.15, 0.2) is 5.82 Å². The number of thioether (sulfide) groups is 1. The number of rotatable bonds is 6. The van der Waals surface area contributed by atoms with Gasteiger partial charge in [-0.15, -0.1) is 22.0 Å². The fourth-order valence-electron chi connectivity index (χ4n) is 3.12. The van der Waals surface area contributed by atoms with Gasteiger partial charge in [0, 0.05) is 18.8 Å². The van der Waals surface area contributed by atoms with Gasteiger partial charge in [0.05, 0.1) is 12.3 Å². The largest absolute Gasteiger partial charge is 0.451 e. The molecule has 1 unspecified atom stereocenters. The molecule has 3 rings (SSSR count). The number of alkyl halides is 3. The molecule has 11 heteroatoms. The summed E-state index contributed by atoms with van der Waals surface area (Å²) in [5.74, 6) is -0.735. The summed E-state index contributed by atoms with van der Waals surface area (Å²) in [5, 5.41) is 9.41. The normalized spacial score (nSPS) is 14.9. The third kappa shape index (κ3) is 5.32. The predicted octanol–water partition coefficient (Wildman–Crippen LogP) is 2.39. The Bertz CT molecular complexity index is 914. The fourth-order valence-corrected chi connectivity index (χ4v) is 3.92. The molecule has 0 fully saturated rings. The second-order valence-electron chi connectivity index (χ2n) is 7.12. The van der Waals surface area contributed by atoms with Gasteiger partial charge in [0.1, 0.15) is 6.04 Å². The highest BCUT2D eigenvalue weighted by Gasteiger charge is 2.40. The first kappa shape index (κ1) is 22.1. The molecule has 7 nitrogen and oxygen atoms in total. The molecule has 0 saturated heterocycles. The Kier molecular flexibility index (Phi) is 6.69. The number of nitrogens with one attached hydrogen (secondary N) is 1. The molecule has 1 aromatic carbocycles. The number of hydrogen-bond donors (Lipinski definition) is 1. The van der Waals surface area contributed by atoms with E-state index in [0.717, 1.165) is 10.1 Å². The van der Waals surface area contributed by atoms with Gasteiger partial charge >= 0.3 is 6.18 Å². The maximum atomic E-state index is 12.9. The van der Waals surface area contributed by atoms with Gasteiger partial charge in [-0.3, -0.25) is 9.59 Å². The molecule has 0 radical (unpaired) electrons. The number of halogens is 3. The molecule has 0 bridgehead atoms. The van der Waals surface area contributed by atoms with Crippen LogP contribution < -0.4 is 5.32 Å². The Morgan fingerprint density at radius 1 is 1.20 bits per heavy atom. The summed E-state index contributed by atoms with van der Waals surface area (Å²) < 4.78 is 39.7. The molecule has 1 N–H and O–H groups in total. The van der Waals surface area contributed by atoms with Crippen LogP contribution >= 0.6 is 11.8 Å². The average molecular weight is 441 g/mol. The van der Waals surface area contributed by atoms with Crippen LogP contribution in [0.4, 0.5) is 13.2 Å². The second kappa shape index (κ2) is 9.07. The van der Waals surface area contributed by atoms with Crippen LogP contribution in [0.15, 0.2) is 24.3 Å². The summed E-state index contributed by atoms with van der Waals surface area (Å²) in [6, 6.07) is 7.24. The monoisotopic (exact) mass is 441 g/mol. The van der Waals surface area contributed by atoms with Gasteiger partial charge in [-0.1, -0.05) is 29.8 Å². The molecule has 0 aliphatic carbocycles. The van der Waals surface area contributed by atoms with E-state index in [1.54, 1.807) is 6.92 Å². The molecule has 1 atom stereocenters. The van der Waals surface area contributed by atoms with Crippen LogP contribution in [0.3, 0.4) is 0 Å². The highest BCUT2D eigenvalue weighted by atomic mass is 32.2. The molecule has 0 saturated carbocycles. The zero-order valence-corrected chi connectivity index (χ0v) is 17.4. The van der Waals surface area contributed by atoms with Crippen molar-refractivity contribution in [1.29, 1.82) is 0 Å². The van der Waals surface area contributed by atoms with E-state index in [4.69, 9.17) is 0 Å². The summed E-state index contributed by atoms with van der Waals surface area (Å²) in [6.45, 7) is 3.53. The first-order chi connectivity index (χ1) is 14.1. The lowest BCUT2D eigenvalue weighted by atomic mass is 10.2. The van der Waals surface area contributed by atoms with Crippen LogP contribution in [-0.2, 0) is 34.6 Å². The molecule has 1 aliphatic rings. The van der Waals surface area contributed by atoms with Crippen LogP contribution in [0.5, 0.6) is 0 Å². The van der Waals surface area contributed by atoms with E-state index in [2.05, 4.69) is 15.5 Å². The van der Waals surface area contributed by atoms with Crippen molar-refractivity contribution < 1.29 is 22.8 Å². The summed E-state index contributed by atoms with van der Waals surface area (Å²) >= 11 is 1.44. The van der Waals surface area contributed by atoms with Gasteiger partial charge in [0.25, 0.3) is 0 Å². The standard InChI is InChI=1S/C19H22F3N5O2S/c1-12-3-5-14(6-4-12)10-30-11-16(28)23-13(2)17(29)26-7-8-27-15(9-26)24-25-18(27)19(20,21)22/h3-6,13H,7-11H2,1-2H3,(H,23,28). The van der Waals surface area contributed by atoms with E-state index < -0.39 is 18.0 Å². The Morgan fingerprint density at radius 3 is 2.57 bits per heavy atom.